The molecule has 0 radical (unpaired) electrons. The van der Waals surface area contributed by atoms with Gasteiger partial charge in [0.2, 0.25) is 0 Å². The van der Waals surface area contributed by atoms with Gasteiger partial charge in [-0.2, -0.15) is 0 Å². The molecule has 2 aliphatic rings. The smallest absolute Gasteiger partial charge is 0.0610 e. The average Bonchev–Trinajstić information content (AvgIpc) is 3.28. The van der Waals surface area contributed by atoms with Crippen molar-refractivity contribution in [2.45, 2.75) is 77.3 Å². The zero-order valence-electron chi connectivity index (χ0n) is 14.4. The highest BCUT2D eigenvalue weighted by Crippen LogP contribution is 2.26. The summed E-state index contributed by atoms with van der Waals surface area (Å²) in [4.78, 5) is 2.64. The van der Waals surface area contributed by atoms with E-state index in [9.17, 15) is 5.11 Å². The molecule has 1 aliphatic carbocycles. The van der Waals surface area contributed by atoms with Gasteiger partial charge in [-0.05, 0) is 76.9 Å². The van der Waals surface area contributed by atoms with Gasteiger partial charge in [0.1, 0.15) is 0 Å². The molecule has 0 aromatic carbocycles. The quantitative estimate of drug-likeness (QED) is 0.642. The third-order valence-electron chi connectivity index (χ3n) is 5.51. The summed E-state index contributed by atoms with van der Waals surface area (Å²) in [5, 5.41) is 13.2. The van der Waals surface area contributed by atoms with Crippen molar-refractivity contribution in [2.24, 2.45) is 11.8 Å². The Morgan fingerprint density at radius 3 is 2.33 bits per heavy atom. The first-order valence-electron chi connectivity index (χ1n) is 9.13. The Hall–Kier alpha value is -0.120. The second-order valence-electron chi connectivity index (χ2n) is 8.02. The molecule has 0 spiro atoms. The lowest BCUT2D eigenvalue weighted by molar-refractivity contribution is 0.144. The van der Waals surface area contributed by atoms with E-state index in [0.29, 0.717) is 6.04 Å². The van der Waals surface area contributed by atoms with Crippen LogP contribution in [0.1, 0.15) is 65.7 Å². The van der Waals surface area contributed by atoms with Crippen LogP contribution in [-0.2, 0) is 0 Å². The Morgan fingerprint density at radius 1 is 1.14 bits per heavy atom. The standard InChI is InChI=1S/C18H36N2O/c1-15(2)16-8-12-20(13-9-16)11-5-4-10-18(3,14-21)19-17-6-7-17/h15-17,19,21H,4-14H2,1-3H3. The molecule has 1 atom stereocenters. The number of piperidine rings is 1. The van der Waals surface area contributed by atoms with Gasteiger partial charge in [-0.3, -0.25) is 0 Å². The molecule has 0 amide bonds. The van der Waals surface area contributed by atoms with Gasteiger partial charge in [0.25, 0.3) is 0 Å². The first-order chi connectivity index (χ1) is 10.0. The van der Waals surface area contributed by atoms with Gasteiger partial charge in [-0.25, -0.2) is 0 Å². The van der Waals surface area contributed by atoms with Crippen LogP contribution in [0, 0.1) is 11.8 Å². The third-order valence-corrected chi connectivity index (χ3v) is 5.51. The summed E-state index contributed by atoms with van der Waals surface area (Å²) in [5.74, 6) is 1.80. The molecule has 2 rings (SSSR count). The summed E-state index contributed by atoms with van der Waals surface area (Å²) in [5.41, 5.74) is -0.0498. The van der Waals surface area contributed by atoms with E-state index in [4.69, 9.17) is 0 Å². The van der Waals surface area contributed by atoms with Gasteiger partial charge < -0.3 is 15.3 Å². The van der Waals surface area contributed by atoms with Crippen LogP contribution < -0.4 is 5.32 Å². The Labute approximate surface area is 131 Å². The molecule has 21 heavy (non-hydrogen) atoms. The van der Waals surface area contributed by atoms with E-state index in [0.717, 1.165) is 18.3 Å². The Bertz CT molecular complexity index is 296. The lowest BCUT2D eigenvalue weighted by Gasteiger charge is -2.34. The normalized spacial score (nSPS) is 24.4. The second-order valence-corrected chi connectivity index (χ2v) is 8.02. The molecule has 2 N–H and O–H groups in total. The van der Waals surface area contributed by atoms with Crippen LogP contribution >= 0.6 is 0 Å². The highest BCUT2D eigenvalue weighted by atomic mass is 16.3. The molecule has 124 valence electrons. The maximum atomic E-state index is 9.62. The summed E-state index contributed by atoms with van der Waals surface area (Å²) in [6.45, 7) is 11.0. The minimum absolute atomic E-state index is 0.0498. The van der Waals surface area contributed by atoms with Crippen molar-refractivity contribution >= 4 is 0 Å². The van der Waals surface area contributed by atoms with E-state index in [-0.39, 0.29) is 12.1 Å². The number of nitrogens with zero attached hydrogens (tertiary/aromatic N) is 1. The average molecular weight is 296 g/mol. The van der Waals surface area contributed by atoms with Gasteiger partial charge >= 0.3 is 0 Å². The van der Waals surface area contributed by atoms with Crippen molar-refractivity contribution in [3.05, 3.63) is 0 Å². The summed E-state index contributed by atoms with van der Waals surface area (Å²) >= 11 is 0. The molecule has 2 fully saturated rings. The van der Waals surface area contributed by atoms with Crippen molar-refractivity contribution in [3.63, 3.8) is 0 Å². The van der Waals surface area contributed by atoms with Gasteiger partial charge in [-0.15, -0.1) is 0 Å². The minimum Gasteiger partial charge on any atom is -0.394 e. The van der Waals surface area contributed by atoms with Gasteiger partial charge in [0, 0.05) is 11.6 Å². The Morgan fingerprint density at radius 2 is 1.81 bits per heavy atom. The van der Waals surface area contributed by atoms with Crippen LogP contribution in [0.3, 0.4) is 0 Å². The third kappa shape index (κ3) is 5.88. The molecule has 1 heterocycles. The van der Waals surface area contributed by atoms with Crippen LogP contribution in [0.25, 0.3) is 0 Å². The van der Waals surface area contributed by atoms with Crippen LogP contribution in [0.15, 0.2) is 0 Å². The highest BCUT2D eigenvalue weighted by molar-refractivity contribution is 4.92. The summed E-state index contributed by atoms with van der Waals surface area (Å²) < 4.78 is 0. The van der Waals surface area contributed by atoms with Crippen molar-refractivity contribution in [1.82, 2.24) is 10.2 Å². The first-order valence-corrected chi connectivity index (χ1v) is 9.13. The topological polar surface area (TPSA) is 35.5 Å². The predicted molar refractivity (Wildman–Crippen MR) is 89.5 cm³/mol. The summed E-state index contributed by atoms with van der Waals surface area (Å²) in [6.07, 6.45) is 8.95. The van der Waals surface area contributed by atoms with Crippen molar-refractivity contribution in [2.75, 3.05) is 26.2 Å². The van der Waals surface area contributed by atoms with Gasteiger partial charge in [-0.1, -0.05) is 20.3 Å². The number of nitrogens with one attached hydrogen (secondary N) is 1. The van der Waals surface area contributed by atoms with E-state index < -0.39 is 0 Å². The van der Waals surface area contributed by atoms with Gasteiger partial charge in [0.05, 0.1) is 6.61 Å². The van der Waals surface area contributed by atoms with Crippen molar-refractivity contribution < 1.29 is 5.11 Å². The number of aliphatic hydroxyl groups is 1. The Balaban J connectivity index is 1.57. The first kappa shape index (κ1) is 17.2. The molecular weight excluding hydrogens is 260 g/mol. The largest absolute Gasteiger partial charge is 0.394 e. The predicted octanol–water partition coefficient (Wildman–Crippen LogP) is 3.03. The van der Waals surface area contributed by atoms with E-state index >= 15 is 0 Å². The second kappa shape index (κ2) is 7.94. The molecule has 3 nitrogen and oxygen atoms in total. The molecule has 1 unspecified atom stereocenters. The molecule has 3 heteroatoms. The zero-order valence-corrected chi connectivity index (χ0v) is 14.4. The molecule has 1 saturated carbocycles. The maximum absolute atomic E-state index is 9.62. The molecule has 1 aliphatic heterocycles. The number of likely N-dealkylation sites (tertiary alicyclic amines) is 1. The monoisotopic (exact) mass is 296 g/mol. The van der Waals surface area contributed by atoms with E-state index in [1.165, 1.54) is 58.2 Å². The lowest BCUT2D eigenvalue weighted by Crippen LogP contribution is -2.47. The molecule has 0 bridgehead atoms. The zero-order chi connectivity index (χ0) is 15.3. The fraction of sp³-hybridized carbons (Fsp3) is 1.00. The molecule has 1 saturated heterocycles. The number of hydrogen-bond donors (Lipinski definition) is 2. The number of rotatable bonds is 9. The van der Waals surface area contributed by atoms with Gasteiger partial charge in [0.15, 0.2) is 0 Å². The van der Waals surface area contributed by atoms with Crippen LogP contribution in [0.5, 0.6) is 0 Å². The van der Waals surface area contributed by atoms with Crippen LogP contribution in [0.2, 0.25) is 0 Å². The summed E-state index contributed by atoms with van der Waals surface area (Å²) in [7, 11) is 0. The summed E-state index contributed by atoms with van der Waals surface area (Å²) in [6, 6.07) is 0.678. The SMILES string of the molecule is CC(C)C1CCN(CCCCC(C)(CO)NC2CC2)CC1. The van der Waals surface area contributed by atoms with Crippen LogP contribution in [-0.4, -0.2) is 47.8 Å². The molecule has 0 aromatic heterocycles. The van der Waals surface area contributed by atoms with Crippen molar-refractivity contribution in [1.29, 1.82) is 0 Å². The van der Waals surface area contributed by atoms with Crippen LogP contribution in [0.4, 0.5) is 0 Å². The van der Waals surface area contributed by atoms with E-state index in [2.05, 4.69) is 31.0 Å². The highest BCUT2D eigenvalue weighted by Gasteiger charge is 2.31. The number of unbranched alkanes of at least 4 members (excludes halogenated alkanes) is 1. The minimum atomic E-state index is -0.0498. The fourth-order valence-electron chi connectivity index (χ4n) is 3.61. The number of aliphatic hydroxyl groups excluding tert-OH is 1. The Kier molecular flexibility index (Phi) is 6.51. The van der Waals surface area contributed by atoms with E-state index in [1.54, 1.807) is 0 Å². The lowest BCUT2D eigenvalue weighted by atomic mass is 9.86. The molecule has 0 aromatic rings. The van der Waals surface area contributed by atoms with Crippen molar-refractivity contribution in [3.8, 4) is 0 Å². The number of hydrogen-bond acceptors (Lipinski definition) is 3. The van der Waals surface area contributed by atoms with E-state index in [1.807, 2.05) is 0 Å². The maximum Gasteiger partial charge on any atom is 0.0610 e. The fourth-order valence-corrected chi connectivity index (χ4v) is 3.61. The molecular formula is C18H36N2O.